The predicted molar refractivity (Wildman–Crippen MR) is 57.8 cm³/mol. The molecule has 0 unspecified atom stereocenters. The lowest BCUT2D eigenvalue weighted by Gasteiger charge is -2.20. The maximum atomic E-state index is 11.9. The second kappa shape index (κ2) is 6.03. The molecule has 0 aromatic rings. The highest BCUT2D eigenvalue weighted by Gasteiger charge is 2.28. The van der Waals surface area contributed by atoms with Crippen LogP contribution >= 0.6 is 0 Å². The first-order valence-corrected chi connectivity index (χ1v) is 5.59. The number of carbonyl (C=O) groups is 2. The second-order valence-electron chi connectivity index (χ2n) is 4.20. The maximum absolute atomic E-state index is 11.9. The fraction of sp³-hybridized carbons (Fsp3) is 0.800. The van der Waals surface area contributed by atoms with Crippen molar-refractivity contribution in [3.8, 4) is 0 Å². The summed E-state index contributed by atoms with van der Waals surface area (Å²) in [5.74, 6) is -0.681. The molecule has 0 aromatic carbocycles. The molecule has 1 N–H and O–H groups in total. The Bertz CT molecular complexity index is 320. The van der Waals surface area contributed by atoms with E-state index < -0.39 is 25.2 Å². The molecule has 8 heteroatoms. The first kappa shape index (κ1) is 14.7. The number of amides is 2. The van der Waals surface area contributed by atoms with Gasteiger partial charge >= 0.3 is 6.18 Å². The van der Waals surface area contributed by atoms with E-state index in [4.69, 9.17) is 0 Å². The highest BCUT2D eigenvalue weighted by atomic mass is 19.4. The van der Waals surface area contributed by atoms with Crippen molar-refractivity contribution in [2.45, 2.75) is 12.6 Å². The lowest BCUT2D eigenvalue weighted by Crippen LogP contribution is -2.43. The number of halogens is 3. The third-order valence-electron chi connectivity index (χ3n) is 2.63. The van der Waals surface area contributed by atoms with Crippen molar-refractivity contribution in [1.82, 2.24) is 15.1 Å². The first-order valence-electron chi connectivity index (χ1n) is 5.59. The molecule has 0 aromatic heterocycles. The van der Waals surface area contributed by atoms with E-state index in [2.05, 4.69) is 0 Å². The number of carbonyl (C=O) groups excluding carboxylic acids is 2. The van der Waals surface area contributed by atoms with E-state index in [0.29, 0.717) is 19.5 Å². The number of hydrogen-bond acceptors (Lipinski definition) is 3. The molecule has 104 valence electrons. The highest BCUT2D eigenvalue weighted by molar-refractivity contribution is 5.86. The molecule has 0 aliphatic carbocycles. The molecular weight excluding hydrogens is 251 g/mol. The van der Waals surface area contributed by atoms with E-state index in [1.165, 1.54) is 9.80 Å². The molecule has 0 bridgehead atoms. The lowest BCUT2D eigenvalue weighted by molar-refractivity contribution is -0.139. The average molecular weight is 267 g/mol. The molecule has 5 nitrogen and oxygen atoms in total. The normalized spacial score (nSPS) is 17.9. The Labute approximate surface area is 103 Å². The Morgan fingerprint density at radius 3 is 2.67 bits per heavy atom. The van der Waals surface area contributed by atoms with Crippen LogP contribution in [-0.2, 0) is 9.59 Å². The van der Waals surface area contributed by atoms with Crippen LogP contribution in [0.4, 0.5) is 13.2 Å². The molecule has 2 amide bonds. The molecule has 18 heavy (non-hydrogen) atoms. The minimum atomic E-state index is -4.34. The SMILES string of the molecule is CN1CCCN(C(=O)CNCC(F)(F)F)CC1=O. The summed E-state index contributed by atoms with van der Waals surface area (Å²) in [4.78, 5) is 25.9. The van der Waals surface area contributed by atoms with Crippen LogP contribution in [0.3, 0.4) is 0 Å². The van der Waals surface area contributed by atoms with Crippen molar-refractivity contribution in [2.75, 3.05) is 39.8 Å². The molecule has 0 radical (unpaired) electrons. The second-order valence-corrected chi connectivity index (χ2v) is 4.20. The predicted octanol–water partition coefficient (Wildman–Crippen LogP) is -0.171. The highest BCUT2D eigenvalue weighted by Crippen LogP contribution is 2.12. The van der Waals surface area contributed by atoms with Crippen molar-refractivity contribution < 1.29 is 22.8 Å². The van der Waals surface area contributed by atoms with Crippen molar-refractivity contribution in [1.29, 1.82) is 0 Å². The van der Waals surface area contributed by atoms with Gasteiger partial charge in [0.25, 0.3) is 0 Å². The van der Waals surface area contributed by atoms with Gasteiger partial charge in [0.05, 0.1) is 19.6 Å². The van der Waals surface area contributed by atoms with Gasteiger partial charge in [0, 0.05) is 20.1 Å². The van der Waals surface area contributed by atoms with Crippen LogP contribution in [-0.4, -0.2) is 67.6 Å². The summed E-state index contributed by atoms with van der Waals surface area (Å²) >= 11 is 0. The number of hydrogen-bond donors (Lipinski definition) is 1. The number of alkyl halides is 3. The zero-order valence-corrected chi connectivity index (χ0v) is 10.1. The van der Waals surface area contributed by atoms with E-state index >= 15 is 0 Å². The Balaban J connectivity index is 2.39. The maximum Gasteiger partial charge on any atom is 0.401 e. The summed E-state index contributed by atoms with van der Waals surface area (Å²) in [5, 5.41) is 2.03. The molecule has 0 saturated carbocycles. The van der Waals surface area contributed by atoms with E-state index in [1.54, 1.807) is 7.05 Å². The van der Waals surface area contributed by atoms with Crippen molar-refractivity contribution >= 4 is 11.8 Å². The van der Waals surface area contributed by atoms with Gasteiger partial charge in [0.1, 0.15) is 0 Å². The van der Waals surface area contributed by atoms with Gasteiger partial charge < -0.3 is 15.1 Å². The van der Waals surface area contributed by atoms with Crippen molar-refractivity contribution in [3.05, 3.63) is 0 Å². The standard InChI is InChI=1S/C10H16F3N3O2/c1-15-3-2-4-16(6-9(15)18)8(17)5-14-7-10(11,12)13/h14H,2-7H2,1H3. The topological polar surface area (TPSA) is 52.6 Å². The summed E-state index contributed by atoms with van der Waals surface area (Å²) in [6.07, 6.45) is -3.71. The van der Waals surface area contributed by atoms with E-state index in [9.17, 15) is 22.8 Å². The first-order chi connectivity index (χ1) is 8.29. The Morgan fingerprint density at radius 2 is 2.06 bits per heavy atom. The van der Waals surface area contributed by atoms with Crippen LogP contribution in [0, 0.1) is 0 Å². The minimum absolute atomic E-state index is 0.0664. The summed E-state index contributed by atoms with van der Waals surface area (Å²) < 4.78 is 35.6. The average Bonchev–Trinajstić information content (AvgIpc) is 2.40. The van der Waals surface area contributed by atoms with Gasteiger partial charge in [-0.1, -0.05) is 0 Å². The van der Waals surface area contributed by atoms with Gasteiger partial charge in [0.2, 0.25) is 11.8 Å². The lowest BCUT2D eigenvalue weighted by atomic mass is 10.3. The summed E-state index contributed by atoms with van der Waals surface area (Å²) in [6.45, 7) is -0.735. The Kier molecular flexibility index (Phi) is 4.94. The molecule has 0 spiro atoms. The van der Waals surface area contributed by atoms with Gasteiger partial charge in [-0.3, -0.25) is 9.59 Å². The molecule has 1 saturated heterocycles. The smallest absolute Gasteiger partial charge is 0.344 e. The van der Waals surface area contributed by atoms with Gasteiger partial charge in [-0.25, -0.2) is 0 Å². The fourth-order valence-electron chi connectivity index (χ4n) is 1.62. The monoisotopic (exact) mass is 267 g/mol. The quantitative estimate of drug-likeness (QED) is 0.772. The molecular formula is C10H16F3N3O2. The number of rotatable bonds is 3. The molecule has 1 fully saturated rings. The number of nitrogens with one attached hydrogen (secondary N) is 1. The van der Waals surface area contributed by atoms with Gasteiger partial charge in [0.15, 0.2) is 0 Å². The summed E-state index contributed by atoms with van der Waals surface area (Å²) in [5.41, 5.74) is 0. The van der Waals surface area contributed by atoms with Crippen molar-refractivity contribution in [3.63, 3.8) is 0 Å². The molecule has 0 atom stereocenters. The molecule has 1 aliphatic heterocycles. The number of likely N-dealkylation sites (N-methyl/N-ethyl adjacent to an activating group) is 1. The third-order valence-corrected chi connectivity index (χ3v) is 2.63. The van der Waals surface area contributed by atoms with Crippen molar-refractivity contribution in [2.24, 2.45) is 0 Å². The van der Waals surface area contributed by atoms with E-state index in [0.717, 1.165) is 0 Å². The zero-order valence-electron chi connectivity index (χ0n) is 10.1. The summed E-state index contributed by atoms with van der Waals surface area (Å²) in [7, 11) is 1.64. The molecule has 1 heterocycles. The summed E-state index contributed by atoms with van der Waals surface area (Å²) in [6, 6.07) is 0. The van der Waals surface area contributed by atoms with Crippen LogP contribution < -0.4 is 5.32 Å². The van der Waals surface area contributed by atoms with Crippen LogP contribution in [0.25, 0.3) is 0 Å². The molecule has 1 aliphatic rings. The van der Waals surface area contributed by atoms with E-state index in [-0.39, 0.29) is 12.5 Å². The number of nitrogens with zero attached hydrogens (tertiary/aromatic N) is 2. The van der Waals surface area contributed by atoms with Crippen LogP contribution in [0.15, 0.2) is 0 Å². The zero-order chi connectivity index (χ0) is 13.8. The minimum Gasteiger partial charge on any atom is -0.344 e. The van der Waals surface area contributed by atoms with Crippen LogP contribution in [0.1, 0.15) is 6.42 Å². The van der Waals surface area contributed by atoms with Gasteiger partial charge in [-0.2, -0.15) is 13.2 Å². The molecule has 1 rings (SSSR count). The third kappa shape index (κ3) is 4.91. The Morgan fingerprint density at radius 1 is 1.39 bits per heavy atom. The van der Waals surface area contributed by atoms with Crippen LogP contribution in [0.5, 0.6) is 0 Å². The van der Waals surface area contributed by atoms with E-state index in [1.807, 2.05) is 5.32 Å². The fourth-order valence-corrected chi connectivity index (χ4v) is 1.62. The van der Waals surface area contributed by atoms with Gasteiger partial charge in [-0.15, -0.1) is 0 Å². The Hall–Kier alpha value is -1.31. The van der Waals surface area contributed by atoms with Crippen LogP contribution in [0.2, 0.25) is 0 Å². The van der Waals surface area contributed by atoms with Gasteiger partial charge in [-0.05, 0) is 6.42 Å². The largest absolute Gasteiger partial charge is 0.401 e.